The highest BCUT2D eigenvalue weighted by atomic mass is 35.5. The minimum Gasteiger partial charge on any atom is -0.325 e. The van der Waals surface area contributed by atoms with E-state index >= 15 is 0 Å². The Kier molecular flexibility index (Phi) is 3.41. The Morgan fingerprint density at radius 3 is 2.25 bits per heavy atom. The Bertz CT molecular complexity index is 61.5. The van der Waals surface area contributed by atoms with Gasteiger partial charge in [0.2, 0.25) is 0 Å². The van der Waals surface area contributed by atoms with Gasteiger partial charge in [0, 0.05) is 11.4 Å². The molecule has 0 aliphatic rings. The summed E-state index contributed by atoms with van der Waals surface area (Å²) in [5.41, 5.74) is 5.70. The second-order valence-electron chi connectivity index (χ2n) is 2.45. The topological polar surface area (TPSA) is 26.0 Å². The fourth-order valence-electron chi connectivity index (χ4n) is 0.393. The van der Waals surface area contributed by atoms with Crippen molar-refractivity contribution in [1.82, 2.24) is 0 Å². The van der Waals surface area contributed by atoms with E-state index in [0.717, 1.165) is 12.8 Å². The maximum atomic E-state index is 5.74. The standard InChI is InChI=1S/C6H14ClN/c1-3-6(2,8)4-5-7/h3-5,8H2,1-2H3. The zero-order valence-electron chi connectivity index (χ0n) is 5.58. The van der Waals surface area contributed by atoms with Gasteiger partial charge in [-0.15, -0.1) is 11.6 Å². The normalized spacial score (nSPS) is 18.0. The third-order valence-electron chi connectivity index (χ3n) is 1.47. The molecule has 0 aromatic carbocycles. The van der Waals surface area contributed by atoms with Crippen molar-refractivity contribution >= 4 is 11.6 Å². The molecule has 0 rings (SSSR count). The van der Waals surface area contributed by atoms with Crippen LogP contribution in [0.15, 0.2) is 0 Å². The van der Waals surface area contributed by atoms with Crippen LogP contribution in [0.25, 0.3) is 0 Å². The van der Waals surface area contributed by atoms with Gasteiger partial charge in [-0.2, -0.15) is 0 Å². The first-order valence-corrected chi connectivity index (χ1v) is 3.50. The van der Waals surface area contributed by atoms with Crippen molar-refractivity contribution in [2.45, 2.75) is 32.2 Å². The van der Waals surface area contributed by atoms with Gasteiger partial charge in [-0.25, -0.2) is 0 Å². The van der Waals surface area contributed by atoms with Gasteiger partial charge < -0.3 is 5.73 Å². The van der Waals surface area contributed by atoms with Crippen LogP contribution in [0.2, 0.25) is 0 Å². The van der Waals surface area contributed by atoms with Crippen molar-refractivity contribution in [1.29, 1.82) is 0 Å². The first-order valence-electron chi connectivity index (χ1n) is 2.97. The van der Waals surface area contributed by atoms with E-state index in [9.17, 15) is 0 Å². The van der Waals surface area contributed by atoms with Gasteiger partial charge in [-0.1, -0.05) is 6.92 Å². The summed E-state index contributed by atoms with van der Waals surface area (Å²) in [4.78, 5) is 0. The van der Waals surface area contributed by atoms with E-state index in [1.807, 2.05) is 6.92 Å². The smallest absolute Gasteiger partial charge is 0.0240 e. The zero-order chi connectivity index (χ0) is 6.62. The molecule has 0 aliphatic heterocycles. The van der Waals surface area contributed by atoms with Gasteiger partial charge in [-0.05, 0) is 19.8 Å². The van der Waals surface area contributed by atoms with Crippen LogP contribution in [0.3, 0.4) is 0 Å². The Balaban J connectivity index is 3.37. The average Bonchev–Trinajstić information content (AvgIpc) is 1.67. The zero-order valence-corrected chi connectivity index (χ0v) is 6.33. The van der Waals surface area contributed by atoms with Crippen molar-refractivity contribution in [3.8, 4) is 0 Å². The maximum absolute atomic E-state index is 5.74. The van der Waals surface area contributed by atoms with E-state index in [0.29, 0.717) is 5.88 Å². The number of halogens is 1. The molecule has 0 amide bonds. The van der Waals surface area contributed by atoms with Crippen molar-refractivity contribution in [2.75, 3.05) is 5.88 Å². The lowest BCUT2D eigenvalue weighted by atomic mass is 9.98. The lowest BCUT2D eigenvalue weighted by molar-refractivity contribution is 0.440. The number of hydrogen-bond donors (Lipinski definition) is 1. The molecule has 0 heterocycles. The Morgan fingerprint density at radius 1 is 1.62 bits per heavy atom. The fourth-order valence-corrected chi connectivity index (χ4v) is 0.824. The lowest BCUT2D eigenvalue weighted by Crippen LogP contribution is -2.35. The van der Waals surface area contributed by atoms with Crippen molar-refractivity contribution in [3.05, 3.63) is 0 Å². The molecule has 0 fully saturated rings. The summed E-state index contributed by atoms with van der Waals surface area (Å²) in [5.74, 6) is 0.668. The number of rotatable bonds is 3. The van der Waals surface area contributed by atoms with E-state index in [-0.39, 0.29) is 5.54 Å². The van der Waals surface area contributed by atoms with Crippen molar-refractivity contribution < 1.29 is 0 Å². The third kappa shape index (κ3) is 3.28. The molecule has 0 saturated carbocycles. The second-order valence-corrected chi connectivity index (χ2v) is 2.82. The molecule has 50 valence electrons. The molecule has 1 unspecified atom stereocenters. The maximum Gasteiger partial charge on any atom is 0.0240 e. The largest absolute Gasteiger partial charge is 0.325 e. The van der Waals surface area contributed by atoms with Crippen LogP contribution in [0, 0.1) is 0 Å². The molecule has 0 radical (unpaired) electrons. The van der Waals surface area contributed by atoms with E-state index in [1.165, 1.54) is 0 Å². The molecule has 0 aromatic rings. The summed E-state index contributed by atoms with van der Waals surface area (Å²) in [6.45, 7) is 4.10. The first-order chi connectivity index (χ1) is 3.62. The minimum absolute atomic E-state index is 0.0399. The molecule has 0 spiro atoms. The fraction of sp³-hybridized carbons (Fsp3) is 1.00. The summed E-state index contributed by atoms with van der Waals surface area (Å²) in [6, 6.07) is 0. The molecule has 8 heavy (non-hydrogen) atoms. The van der Waals surface area contributed by atoms with Gasteiger partial charge in [0.05, 0.1) is 0 Å². The van der Waals surface area contributed by atoms with Gasteiger partial charge in [0.15, 0.2) is 0 Å². The van der Waals surface area contributed by atoms with Crippen LogP contribution in [0.4, 0.5) is 0 Å². The summed E-state index contributed by atoms with van der Waals surface area (Å²) in [6.07, 6.45) is 1.91. The molecule has 1 atom stereocenters. The minimum atomic E-state index is -0.0399. The molecule has 1 nitrogen and oxygen atoms in total. The Hall–Kier alpha value is 0.250. The van der Waals surface area contributed by atoms with Gasteiger partial charge in [0.25, 0.3) is 0 Å². The molecular weight excluding hydrogens is 122 g/mol. The summed E-state index contributed by atoms with van der Waals surface area (Å²) < 4.78 is 0. The van der Waals surface area contributed by atoms with Crippen LogP contribution in [-0.4, -0.2) is 11.4 Å². The van der Waals surface area contributed by atoms with Crippen LogP contribution in [-0.2, 0) is 0 Å². The third-order valence-corrected chi connectivity index (χ3v) is 1.66. The number of nitrogens with two attached hydrogens (primary N) is 1. The highest BCUT2D eigenvalue weighted by Crippen LogP contribution is 2.09. The molecular formula is C6H14ClN. The summed E-state index contributed by atoms with van der Waals surface area (Å²) >= 11 is 5.48. The average molecular weight is 136 g/mol. The molecule has 0 aliphatic carbocycles. The van der Waals surface area contributed by atoms with Gasteiger partial charge in [0.1, 0.15) is 0 Å². The van der Waals surface area contributed by atoms with Crippen LogP contribution in [0.5, 0.6) is 0 Å². The molecule has 0 saturated heterocycles. The number of hydrogen-bond acceptors (Lipinski definition) is 1. The highest BCUT2D eigenvalue weighted by molar-refractivity contribution is 6.17. The van der Waals surface area contributed by atoms with Crippen LogP contribution >= 0.6 is 11.6 Å². The first kappa shape index (κ1) is 8.25. The Labute approximate surface area is 56.2 Å². The van der Waals surface area contributed by atoms with Crippen molar-refractivity contribution in [3.63, 3.8) is 0 Å². The summed E-state index contributed by atoms with van der Waals surface area (Å²) in [5, 5.41) is 0. The highest BCUT2D eigenvalue weighted by Gasteiger charge is 2.12. The molecule has 2 N–H and O–H groups in total. The van der Waals surface area contributed by atoms with E-state index in [2.05, 4.69) is 6.92 Å². The second kappa shape index (κ2) is 3.31. The van der Waals surface area contributed by atoms with E-state index in [1.54, 1.807) is 0 Å². The summed E-state index contributed by atoms with van der Waals surface area (Å²) in [7, 11) is 0. The van der Waals surface area contributed by atoms with E-state index in [4.69, 9.17) is 17.3 Å². The van der Waals surface area contributed by atoms with Crippen molar-refractivity contribution in [2.24, 2.45) is 5.73 Å². The van der Waals surface area contributed by atoms with Gasteiger partial charge >= 0.3 is 0 Å². The Morgan fingerprint density at radius 2 is 2.12 bits per heavy atom. The van der Waals surface area contributed by atoms with Gasteiger partial charge in [-0.3, -0.25) is 0 Å². The molecule has 0 aromatic heterocycles. The number of alkyl halides is 1. The van der Waals surface area contributed by atoms with Crippen LogP contribution < -0.4 is 5.73 Å². The monoisotopic (exact) mass is 135 g/mol. The molecule has 2 heteroatoms. The predicted molar refractivity (Wildman–Crippen MR) is 38.2 cm³/mol. The van der Waals surface area contributed by atoms with E-state index < -0.39 is 0 Å². The van der Waals surface area contributed by atoms with Crippen LogP contribution in [0.1, 0.15) is 26.7 Å². The molecule has 0 bridgehead atoms. The quantitative estimate of drug-likeness (QED) is 0.587. The SMILES string of the molecule is CCC(C)(N)CCCl. The lowest BCUT2D eigenvalue weighted by Gasteiger charge is -2.20. The predicted octanol–water partition coefficient (Wildman–Crippen LogP) is 1.74.